The smallest absolute Gasteiger partial charge is 0.232 e. The minimum absolute atomic E-state index is 0.0893. The number of fused-ring (bicyclic) bond motifs is 9. The Morgan fingerprint density at radius 3 is 2.71 bits per heavy atom. The van der Waals surface area contributed by atoms with E-state index >= 15 is 4.39 Å². The maximum atomic E-state index is 16.1. The summed E-state index contributed by atoms with van der Waals surface area (Å²) in [7, 11) is 0. The normalized spacial score (nSPS) is 12.4. The van der Waals surface area contributed by atoms with Crippen LogP contribution in [0.15, 0.2) is 49.2 Å². The predicted octanol–water partition coefficient (Wildman–Crippen LogP) is 6.44. The molecule has 8 bridgehead atoms. The zero-order valence-corrected chi connectivity index (χ0v) is 21.5. The minimum Gasteiger partial charge on any atom is -0.335 e. The van der Waals surface area contributed by atoms with Crippen molar-refractivity contribution in [2.75, 3.05) is 0 Å². The van der Waals surface area contributed by atoms with E-state index in [2.05, 4.69) is 30.1 Å². The van der Waals surface area contributed by atoms with E-state index in [0.717, 1.165) is 10.1 Å². The number of pyridine rings is 3. The largest absolute Gasteiger partial charge is 0.335 e. The Hall–Kier alpha value is -4.51. The molecule has 0 aliphatic heterocycles. The summed E-state index contributed by atoms with van der Waals surface area (Å²) in [5.41, 5.74) is 2.98. The van der Waals surface area contributed by atoms with Gasteiger partial charge in [0.1, 0.15) is 21.4 Å². The summed E-state index contributed by atoms with van der Waals surface area (Å²) in [5.74, 6) is -0.641. The highest BCUT2D eigenvalue weighted by atomic mass is 32.1. The number of aromatic amines is 2. The first-order valence-electron chi connectivity index (χ1n) is 12.0. The maximum absolute atomic E-state index is 16.1. The number of thiophene rings is 1. The number of nitrogens with one attached hydrogen (secondary N) is 2. The first-order chi connectivity index (χ1) is 18.3. The average molecular weight is 525 g/mol. The number of imidazole rings is 1. The van der Waals surface area contributed by atoms with Gasteiger partial charge in [0.05, 0.1) is 40.5 Å². The number of H-pyrrole nitrogens is 2. The Kier molecular flexibility index (Phi) is 4.77. The van der Waals surface area contributed by atoms with Crippen LogP contribution in [0.3, 0.4) is 0 Å². The van der Waals surface area contributed by atoms with Crippen molar-refractivity contribution in [3.8, 4) is 0 Å². The van der Waals surface area contributed by atoms with E-state index in [1.165, 1.54) is 11.3 Å². The van der Waals surface area contributed by atoms with Gasteiger partial charge in [-0.3, -0.25) is 29.4 Å². The van der Waals surface area contributed by atoms with Crippen molar-refractivity contribution in [3.05, 3.63) is 55.0 Å². The van der Waals surface area contributed by atoms with Gasteiger partial charge in [0.15, 0.2) is 11.5 Å². The fourth-order valence-electron chi connectivity index (χ4n) is 4.77. The van der Waals surface area contributed by atoms with E-state index in [9.17, 15) is 4.79 Å². The van der Waals surface area contributed by atoms with Gasteiger partial charge in [-0.05, 0) is 23.6 Å². The SMILES string of the molecule is CC(C)(C)CC(=O)n1c2cncc(c2)c2ncc3[nH]nc(c4nc5c(cncc5c5ccc1s5)[nH]4)c3c2F. The molecular weight excluding hydrogens is 503 g/mol. The van der Waals surface area contributed by atoms with Crippen molar-refractivity contribution < 1.29 is 9.18 Å². The summed E-state index contributed by atoms with van der Waals surface area (Å²) < 4.78 is 18.7. The third kappa shape index (κ3) is 3.50. The van der Waals surface area contributed by atoms with Gasteiger partial charge in [-0.2, -0.15) is 5.10 Å². The summed E-state index contributed by atoms with van der Waals surface area (Å²) in [5, 5.41) is 8.74. The molecule has 188 valence electrons. The van der Waals surface area contributed by atoms with Gasteiger partial charge in [-0.25, -0.2) is 9.37 Å². The number of rotatable bonds is 1. The van der Waals surface area contributed by atoms with Crippen molar-refractivity contribution >= 4 is 81.7 Å². The third-order valence-corrected chi connectivity index (χ3v) is 7.53. The molecule has 0 amide bonds. The van der Waals surface area contributed by atoms with Crippen LogP contribution >= 0.6 is 11.3 Å². The molecule has 0 aliphatic rings. The summed E-state index contributed by atoms with van der Waals surface area (Å²) in [6.07, 6.45) is 8.43. The van der Waals surface area contributed by atoms with Crippen LogP contribution in [-0.2, 0) is 0 Å². The van der Waals surface area contributed by atoms with E-state index < -0.39 is 5.82 Å². The van der Waals surface area contributed by atoms with Crippen molar-refractivity contribution in [1.29, 1.82) is 0 Å². The maximum Gasteiger partial charge on any atom is 0.232 e. The average Bonchev–Trinajstić information content (AvgIpc) is 3.61. The molecule has 7 aromatic rings. The summed E-state index contributed by atoms with van der Waals surface area (Å²) >= 11 is 1.45. The van der Waals surface area contributed by atoms with Gasteiger partial charge >= 0.3 is 0 Å². The molecule has 0 fully saturated rings. The lowest BCUT2D eigenvalue weighted by Crippen LogP contribution is -2.19. The molecule has 9 nitrogen and oxygen atoms in total. The number of hydrogen-bond donors (Lipinski definition) is 2. The lowest BCUT2D eigenvalue weighted by Gasteiger charge is -2.18. The highest BCUT2D eigenvalue weighted by Gasteiger charge is 2.20. The zero-order valence-electron chi connectivity index (χ0n) is 20.7. The number of carbonyl (C=O) groups excluding carboxylic acids is 1. The second kappa shape index (κ2) is 7.99. The van der Waals surface area contributed by atoms with Gasteiger partial charge in [0.2, 0.25) is 5.91 Å². The molecule has 7 aromatic heterocycles. The number of nitrogens with zero attached hydrogens (tertiary/aromatic N) is 6. The number of halogens is 1. The van der Waals surface area contributed by atoms with Crippen LogP contribution in [0.4, 0.5) is 4.39 Å². The second-order valence-corrected chi connectivity index (χ2v) is 11.5. The molecule has 11 heteroatoms. The molecule has 0 radical (unpaired) electrons. The monoisotopic (exact) mass is 524 g/mol. The first kappa shape index (κ1) is 22.7. The lowest BCUT2D eigenvalue weighted by atomic mass is 9.92. The molecule has 7 heterocycles. The first-order valence-corrected chi connectivity index (χ1v) is 12.8. The van der Waals surface area contributed by atoms with Crippen LogP contribution in [0, 0.1) is 11.2 Å². The van der Waals surface area contributed by atoms with E-state index in [1.807, 2.05) is 32.9 Å². The molecular formula is C27H21FN8OS. The Morgan fingerprint density at radius 1 is 1.03 bits per heavy atom. The van der Waals surface area contributed by atoms with Crippen LogP contribution in [0.1, 0.15) is 32.0 Å². The fraction of sp³-hybridized carbons (Fsp3) is 0.185. The van der Waals surface area contributed by atoms with Crippen molar-refractivity contribution in [2.45, 2.75) is 27.2 Å². The third-order valence-electron chi connectivity index (χ3n) is 6.43. The molecule has 2 N–H and O–H groups in total. The van der Waals surface area contributed by atoms with Crippen molar-refractivity contribution in [3.63, 3.8) is 0 Å². The lowest BCUT2D eigenvalue weighted by molar-refractivity contribution is 0.0867. The van der Waals surface area contributed by atoms with Gasteiger partial charge in [-0.1, -0.05) is 20.8 Å². The topological polar surface area (TPSA) is 118 Å². The molecule has 0 spiro atoms. The van der Waals surface area contributed by atoms with Crippen LogP contribution in [-0.4, -0.2) is 45.6 Å². The molecule has 0 saturated carbocycles. The van der Waals surface area contributed by atoms with E-state index in [-0.39, 0.29) is 22.2 Å². The molecule has 7 rings (SSSR count). The van der Waals surface area contributed by atoms with Crippen molar-refractivity contribution in [2.24, 2.45) is 5.41 Å². The standard InChI is InChI=1S/C27H21FN8OS/c1-27(2,3)7-19(37)36-14-6-13(8-29-9-14)23-22(28)21-16(12-31-23)34-35-25(21)26-32-17-11-30-10-15(24(17)33-26)18-4-5-20(36)38-18/h4-6,8-12H,7H2,1-3H3,(H,32,33)(H,34,35). The number of hydrogen-bond acceptors (Lipinski definition) is 7. The molecule has 0 saturated heterocycles. The predicted molar refractivity (Wildman–Crippen MR) is 147 cm³/mol. The van der Waals surface area contributed by atoms with Gasteiger partial charge in [-0.15, -0.1) is 11.3 Å². The van der Waals surface area contributed by atoms with Gasteiger partial charge < -0.3 is 4.98 Å². The summed E-state index contributed by atoms with van der Waals surface area (Å²) in [6.45, 7) is 6.06. The number of aromatic nitrogens is 8. The zero-order chi connectivity index (χ0) is 26.2. The van der Waals surface area contributed by atoms with E-state index in [0.29, 0.717) is 49.9 Å². The second-order valence-electron chi connectivity index (χ2n) is 10.5. The molecule has 0 atom stereocenters. The van der Waals surface area contributed by atoms with E-state index in [1.54, 1.807) is 41.6 Å². The highest BCUT2D eigenvalue weighted by molar-refractivity contribution is 7.24. The molecule has 38 heavy (non-hydrogen) atoms. The fourth-order valence-corrected chi connectivity index (χ4v) is 5.83. The van der Waals surface area contributed by atoms with Crippen LogP contribution in [0.25, 0.3) is 64.4 Å². The Bertz CT molecular complexity index is 2150. The highest BCUT2D eigenvalue weighted by Crippen LogP contribution is 2.32. The summed E-state index contributed by atoms with van der Waals surface area (Å²) in [4.78, 5) is 35.6. The van der Waals surface area contributed by atoms with Crippen LogP contribution in [0.2, 0.25) is 0 Å². The van der Waals surface area contributed by atoms with Crippen LogP contribution in [0.5, 0.6) is 0 Å². The minimum atomic E-state index is -0.552. The molecule has 0 aromatic carbocycles. The Balaban J connectivity index is 1.74. The summed E-state index contributed by atoms with van der Waals surface area (Å²) in [6, 6.07) is 5.61. The van der Waals surface area contributed by atoms with Gasteiger partial charge in [0.25, 0.3) is 0 Å². The molecule has 0 unspecified atom stereocenters. The van der Waals surface area contributed by atoms with E-state index in [4.69, 9.17) is 4.98 Å². The quantitative estimate of drug-likeness (QED) is 0.255. The van der Waals surface area contributed by atoms with Gasteiger partial charge in [0, 0.05) is 34.3 Å². The van der Waals surface area contributed by atoms with Crippen molar-refractivity contribution in [1.82, 2.24) is 39.7 Å². The Labute approximate surface area is 218 Å². The van der Waals surface area contributed by atoms with Crippen LogP contribution < -0.4 is 0 Å². The molecule has 0 aliphatic carbocycles. The Morgan fingerprint density at radius 2 is 1.87 bits per heavy atom. The number of carbonyl (C=O) groups is 1.